The summed E-state index contributed by atoms with van der Waals surface area (Å²) in [7, 11) is 0. The maximum absolute atomic E-state index is 12.1. The third kappa shape index (κ3) is 31.6. The van der Waals surface area contributed by atoms with E-state index in [1.807, 2.05) is 0 Å². The summed E-state index contributed by atoms with van der Waals surface area (Å²) in [5.41, 5.74) is 0. The van der Waals surface area contributed by atoms with Crippen LogP contribution in [0.1, 0.15) is 194 Å². The average molecular weight is 595 g/mol. The number of ether oxygens (including phenoxy) is 2. The fraction of sp³-hybridized carbons (Fsp3) is 0.892. The van der Waals surface area contributed by atoms with Crippen LogP contribution in [0.25, 0.3) is 0 Å². The standard InChI is InChI=1S/C37H70O5/c1-3-5-7-9-11-13-15-17-18-20-22-24-26-28-30-32-37(40)42-35(33-38)34-41-36(39)31-29-27-25-23-21-19-16-14-12-10-8-6-4-2/h17-18,35,38H,3-16,19-34H2,1-2H3/b18-17-/t35-/m0/s1. The summed E-state index contributed by atoms with van der Waals surface area (Å²) < 4.78 is 10.6. The highest BCUT2D eigenvalue weighted by molar-refractivity contribution is 5.70. The Morgan fingerprint density at radius 2 is 0.881 bits per heavy atom. The van der Waals surface area contributed by atoms with Crippen LogP contribution in [0.5, 0.6) is 0 Å². The molecule has 0 aromatic rings. The van der Waals surface area contributed by atoms with Crippen LogP contribution in [-0.2, 0) is 19.1 Å². The Morgan fingerprint density at radius 1 is 0.524 bits per heavy atom. The van der Waals surface area contributed by atoms with E-state index in [1.54, 1.807) is 0 Å². The van der Waals surface area contributed by atoms with Gasteiger partial charge in [-0.3, -0.25) is 9.59 Å². The third-order valence-electron chi connectivity index (χ3n) is 8.06. The molecule has 0 fully saturated rings. The fourth-order valence-electron chi connectivity index (χ4n) is 5.25. The van der Waals surface area contributed by atoms with E-state index in [2.05, 4.69) is 26.0 Å². The molecule has 0 aliphatic rings. The van der Waals surface area contributed by atoms with Gasteiger partial charge in [-0.15, -0.1) is 0 Å². The molecule has 0 rings (SSSR count). The summed E-state index contributed by atoms with van der Waals surface area (Å²) in [4.78, 5) is 24.1. The normalized spacial score (nSPS) is 12.2. The zero-order valence-electron chi connectivity index (χ0n) is 28.0. The van der Waals surface area contributed by atoms with Crippen molar-refractivity contribution in [3.8, 4) is 0 Å². The maximum Gasteiger partial charge on any atom is 0.306 e. The van der Waals surface area contributed by atoms with E-state index >= 15 is 0 Å². The van der Waals surface area contributed by atoms with Gasteiger partial charge in [0.15, 0.2) is 6.10 Å². The van der Waals surface area contributed by atoms with Crippen LogP contribution in [0.4, 0.5) is 0 Å². The molecule has 1 atom stereocenters. The first-order valence-corrected chi connectivity index (χ1v) is 18.2. The highest BCUT2D eigenvalue weighted by Crippen LogP contribution is 2.14. The zero-order chi connectivity index (χ0) is 30.8. The van der Waals surface area contributed by atoms with Gasteiger partial charge in [-0.1, -0.05) is 154 Å². The monoisotopic (exact) mass is 595 g/mol. The number of carbonyl (C=O) groups is 2. The SMILES string of the molecule is CCCCCCCC/C=C\CCCCCCCC(=O)O[C@@H](CO)COC(=O)CCCCCCCCCCCCCCC. The third-order valence-corrected chi connectivity index (χ3v) is 8.06. The lowest BCUT2D eigenvalue weighted by Gasteiger charge is -2.15. The molecule has 0 amide bonds. The number of aliphatic hydroxyl groups is 1. The van der Waals surface area contributed by atoms with E-state index in [4.69, 9.17) is 9.47 Å². The van der Waals surface area contributed by atoms with Crippen LogP contribution in [0.3, 0.4) is 0 Å². The van der Waals surface area contributed by atoms with Crippen molar-refractivity contribution in [2.75, 3.05) is 13.2 Å². The Bertz CT molecular complexity index is 603. The Labute approximate surface area is 261 Å². The lowest BCUT2D eigenvalue weighted by Crippen LogP contribution is -2.28. The van der Waals surface area contributed by atoms with E-state index in [-0.39, 0.29) is 25.2 Å². The molecule has 0 aromatic heterocycles. The van der Waals surface area contributed by atoms with Crippen molar-refractivity contribution in [2.45, 2.75) is 200 Å². The van der Waals surface area contributed by atoms with Crippen molar-refractivity contribution in [3.05, 3.63) is 12.2 Å². The van der Waals surface area contributed by atoms with Gasteiger partial charge in [0.25, 0.3) is 0 Å². The first-order chi connectivity index (χ1) is 20.6. The topological polar surface area (TPSA) is 72.8 Å². The Morgan fingerprint density at radius 3 is 1.29 bits per heavy atom. The van der Waals surface area contributed by atoms with E-state index in [1.165, 1.54) is 122 Å². The van der Waals surface area contributed by atoms with Crippen molar-refractivity contribution in [1.82, 2.24) is 0 Å². The molecule has 0 saturated heterocycles. The van der Waals surface area contributed by atoms with Gasteiger partial charge in [-0.05, 0) is 38.5 Å². The number of carbonyl (C=O) groups excluding carboxylic acids is 2. The largest absolute Gasteiger partial charge is 0.462 e. The molecule has 0 radical (unpaired) electrons. The molecule has 0 saturated carbocycles. The lowest BCUT2D eigenvalue weighted by molar-refractivity contribution is -0.161. The van der Waals surface area contributed by atoms with Crippen molar-refractivity contribution in [3.63, 3.8) is 0 Å². The van der Waals surface area contributed by atoms with Gasteiger partial charge in [0.1, 0.15) is 6.61 Å². The van der Waals surface area contributed by atoms with Crippen LogP contribution in [0.2, 0.25) is 0 Å². The number of unbranched alkanes of at least 4 members (excludes halogenated alkanes) is 23. The number of aliphatic hydroxyl groups excluding tert-OH is 1. The molecule has 0 unspecified atom stereocenters. The van der Waals surface area contributed by atoms with Crippen LogP contribution in [0.15, 0.2) is 12.2 Å². The summed E-state index contributed by atoms with van der Waals surface area (Å²) in [6.45, 7) is 4.13. The zero-order valence-corrected chi connectivity index (χ0v) is 28.0. The number of esters is 2. The highest BCUT2D eigenvalue weighted by Gasteiger charge is 2.16. The van der Waals surface area contributed by atoms with Crippen LogP contribution in [0, 0.1) is 0 Å². The van der Waals surface area contributed by atoms with E-state index < -0.39 is 6.10 Å². The molecular formula is C37H70O5. The predicted octanol–water partition coefficient (Wildman–Crippen LogP) is 11.0. The molecule has 0 aromatic carbocycles. The molecule has 5 nitrogen and oxygen atoms in total. The summed E-state index contributed by atoms with van der Waals surface area (Å²) in [6, 6.07) is 0. The van der Waals surface area contributed by atoms with E-state index in [0.717, 1.165) is 44.9 Å². The molecule has 0 heterocycles. The molecular weight excluding hydrogens is 524 g/mol. The van der Waals surface area contributed by atoms with Gasteiger partial charge in [-0.25, -0.2) is 0 Å². The summed E-state index contributed by atoms with van der Waals surface area (Å²) in [5, 5.41) is 9.52. The van der Waals surface area contributed by atoms with E-state index in [9.17, 15) is 14.7 Å². The van der Waals surface area contributed by atoms with Crippen molar-refractivity contribution in [2.24, 2.45) is 0 Å². The van der Waals surface area contributed by atoms with Gasteiger partial charge in [-0.2, -0.15) is 0 Å². The maximum atomic E-state index is 12.1. The average Bonchev–Trinajstić information content (AvgIpc) is 2.99. The number of hydrogen-bond donors (Lipinski definition) is 1. The minimum absolute atomic E-state index is 0.0636. The van der Waals surface area contributed by atoms with Gasteiger partial charge in [0.05, 0.1) is 6.61 Å². The van der Waals surface area contributed by atoms with Gasteiger partial charge in [0.2, 0.25) is 0 Å². The molecule has 1 N–H and O–H groups in total. The number of rotatable bonds is 33. The highest BCUT2D eigenvalue weighted by atomic mass is 16.6. The summed E-state index contributed by atoms with van der Waals surface area (Å²) in [5.74, 6) is -0.593. The molecule has 0 spiro atoms. The molecule has 5 heteroatoms. The number of hydrogen-bond acceptors (Lipinski definition) is 5. The first-order valence-electron chi connectivity index (χ1n) is 18.2. The minimum atomic E-state index is -0.767. The Kier molecular flexibility index (Phi) is 33.0. The number of allylic oxidation sites excluding steroid dienone is 2. The predicted molar refractivity (Wildman–Crippen MR) is 178 cm³/mol. The van der Waals surface area contributed by atoms with Crippen molar-refractivity contribution in [1.29, 1.82) is 0 Å². The molecule has 42 heavy (non-hydrogen) atoms. The first kappa shape index (κ1) is 40.6. The van der Waals surface area contributed by atoms with Crippen LogP contribution < -0.4 is 0 Å². The smallest absolute Gasteiger partial charge is 0.306 e. The quantitative estimate of drug-likeness (QED) is 0.0465. The van der Waals surface area contributed by atoms with Crippen molar-refractivity contribution < 1.29 is 24.2 Å². The summed E-state index contributed by atoms with van der Waals surface area (Å²) >= 11 is 0. The minimum Gasteiger partial charge on any atom is -0.462 e. The Balaban J connectivity index is 3.55. The molecule has 248 valence electrons. The van der Waals surface area contributed by atoms with Crippen molar-refractivity contribution >= 4 is 11.9 Å². The second kappa shape index (κ2) is 34.1. The van der Waals surface area contributed by atoms with Gasteiger partial charge < -0.3 is 14.6 Å². The lowest BCUT2D eigenvalue weighted by atomic mass is 10.0. The molecule has 0 bridgehead atoms. The van der Waals surface area contributed by atoms with E-state index in [0.29, 0.717) is 12.8 Å². The molecule has 0 aliphatic carbocycles. The Hall–Kier alpha value is -1.36. The van der Waals surface area contributed by atoms with Gasteiger partial charge in [0, 0.05) is 12.8 Å². The summed E-state index contributed by atoms with van der Waals surface area (Å²) in [6.07, 6.45) is 36.9. The second-order valence-corrected chi connectivity index (χ2v) is 12.3. The van der Waals surface area contributed by atoms with Gasteiger partial charge >= 0.3 is 11.9 Å². The molecule has 0 aliphatic heterocycles. The second-order valence-electron chi connectivity index (χ2n) is 12.3. The fourth-order valence-corrected chi connectivity index (χ4v) is 5.25. The van der Waals surface area contributed by atoms with Crippen LogP contribution >= 0.6 is 0 Å². The van der Waals surface area contributed by atoms with Crippen LogP contribution in [-0.4, -0.2) is 36.4 Å².